The first-order valence-electron chi connectivity index (χ1n) is 8.04. The van der Waals surface area contributed by atoms with Crippen LogP contribution in [0, 0.1) is 11.7 Å². The first-order valence-corrected chi connectivity index (χ1v) is 8.04. The number of nitrogens with zero attached hydrogens (tertiary/aromatic N) is 2. The molecule has 2 aliphatic carbocycles. The molecule has 2 aliphatic rings. The number of imidazole rings is 1. The zero-order valence-corrected chi connectivity index (χ0v) is 12.5. The molecule has 0 amide bonds. The first kappa shape index (κ1) is 13.3. The fourth-order valence-corrected chi connectivity index (χ4v) is 3.64. The molecule has 3 nitrogen and oxygen atoms in total. The number of halogens is 1. The molecule has 0 spiro atoms. The molecule has 1 aromatic carbocycles. The Morgan fingerprint density at radius 3 is 2.62 bits per heavy atom. The average molecular weight is 287 g/mol. The van der Waals surface area contributed by atoms with Crippen molar-refractivity contribution in [3.8, 4) is 0 Å². The zero-order valence-electron chi connectivity index (χ0n) is 12.5. The topological polar surface area (TPSA) is 43.8 Å². The zero-order chi connectivity index (χ0) is 14.6. The highest BCUT2D eigenvalue weighted by Crippen LogP contribution is 2.44. The molecule has 1 aromatic heterocycles. The number of fused-ring (bicyclic) bond motifs is 1. The maximum atomic E-state index is 14.1. The number of nitrogens with two attached hydrogens (primary N) is 1. The van der Waals surface area contributed by atoms with Crippen LogP contribution in [0.2, 0.25) is 0 Å². The van der Waals surface area contributed by atoms with Crippen molar-refractivity contribution in [1.82, 2.24) is 9.55 Å². The van der Waals surface area contributed by atoms with Gasteiger partial charge in [0.2, 0.25) is 0 Å². The van der Waals surface area contributed by atoms with E-state index in [9.17, 15) is 4.39 Å². The van der Waals surface area contributed by atoms with Crippen molar-refractivity contribution in [3.05, 3.63) is 29.8 Å². The molecule has 0 saturated heterocycles. The Hall–Kier alpha value is -1.42. The molecule has 2 fully saturated rings. The van der Waals surface area contributed by atoms with Crippen LogP contribution in [-0.2, 0) is 5.54 Å². The highest BCUT2D eigenvalue weighted by atomic mass is 19.1. The minimum absolute atomic E-state index is 0.235. The van der Waals surface area contributed by atoms with Gasteiger partial charge in [-0.15, -0.1) is 0 Å². The van der Waals surface area contributed by atoms with Crippen LogP contribution >= 0.6 is 0 Å². The lowest BCUT2D eigenvalue weighted by Gasteiger charge is -2.36. The van der Waals surface area contributed by atoms with Gasteiger partial charge < -0.3 is 10.3 Å². The van der Waals surface area contributed by atoms with Gasteiger partial charge in [0.05, 0.1) is 11.1 Å². The Morgan fingerprint density at radius 1 is 1.24 bits per heavy atom. The van der Waals surface area contributed by atoms with E-state index in [0.717, 1.165) is 55.8 Å². The largest absolute Gasteiger partial charge is 0.323 e. The van der Waals surface area contributed by atoms with Crippen LogP contribution < -0.4 is 5.73 Å². The highest BCUT2D eigenvalue weighted by molar-refractivity contribution is 5.77. The summed E-state index contributed by atoms with van der Waals surface area (Å²) in [6.07, 6.45) is 6.47. The van der Waals surface area contributed by atoms with Crippen molar-refractivity contribution in [2.24, 2.45) is 11.7 Å². The quantitative estimate of drug-likeness (QED) is 0.911. The Morgan fingerprint density at radius 2 is 1.95 bits per heavy atom. The third kappa shape index (κ3) is 2.08. The van der Waals surface area contributed by atoms with Crippen LogP contribution in [-0.4, -0.2) is 9.55 Å². The summed E-state index contributed by atoms with van der Waals surface area (Å²) in [4.78, 5) is 4.66. The number of hydrogen-bond acceptors (Lipinski definition) is 2. The van der Waals surface area contributed by atoms with Gasteiger partial charge in [-0.05, 0) is 56.6 Å². The number of aromatic nitrogens is 2. The summed E-state index contributed by atoms with van der Waals surface area (Å²) in [5.74, 6) is 1.41. The second-order valence-electron chi connectivity index (χ2n) is 6.98. The number of hydrogen-bond donors (Lipinski definition) is 1. The van der Waals surface area contributed by atoms with Gasteiger partial charge in [0.1, 0.15) is 11.3 Å². The van der Waals surface area contributed by atoms with Crippen LogP contribution in [0.4, 0.5) is 4.39 Å². The van der Waals surface area contributed by atoms with Gasteiger partial charge >= 0.3 is 0 Å². The van der Waals surface area contributed by atoms with E-state index < -0.39 is 0 Å². The Bertz CT molecular complexity index is 679. The van der Waals surface area contributed by atoms with Crippen LogP contribution in [0.25, 0.3) is 11.0 Å². The van der Waals surface area contributed by atoms with E-state index >= 15 is 0 Å². The lowest BCUT2D eigenvalue weighted by atomic mass is 9.77. The van der Waals surface area contributed by atoms with Gasteiger partial charge in [-0.25, -0.2) is 9.37 Å². The van der Waals surface area contributed by atoms with Crippen molar-refractivity contribution < 1.29 is 4.39 Å². The number of para-hydroxylation sites is 1. The SMILES string of the molecule is CC1CCC(N)(c2nc3c(F)cccc3n2C2CC2)CC1. The van der Waals surface area contributed by atoms with E-state index in [1.807, 2.05) is 6.07 Å². The predicted molar refractivity (Wildman–Crippen MR) is 81.5 cm³/mol. The van der Waals surface area contributed by atoms with Gasteiger partial charge in [-0.1, -0.05) is 13.0 Å². The van der Waals surface area contributed by atoms with Gasteiger partial charge in [0.25, 0.3) is 0 Å². The van der Waals surface area contributed by atoms with Gasteiger partial charge in [0.15, 0.2) is 5.82 Å². The Labute approximate surface area is 124 Å². The third-order valence-electron chi connectivity index (χ3n) is 5.19. The second kappa shape index (κ2) is 4.54. The molecular weight excluding hydrogens is 265 g/mol. The van der Waals surface area contributed by atoms with Crippen molar-refractivity contribution in [3.63, 3.8) is 0 Å². The van der Waals surface area contributed by atoms with Crippen molar-refractivity contribution >= 4 is 11.0 Å². The summed E-state index contributed by atoms with van der Waals surface area (Å²) >= 11 is 0. The average Bonchev–Trinajstić information content (AvgIpc) is 3.23. The molecular formula is C17H22FN3. The van der Waals surface area contributed by atoms with Gasteiger partial charge in [0, 0.05) is 6.04 Å². The molecule has 112 valence electrons. The molecule has 0 bridgehead atoms. The first-order chi connectivity index (χ1) is 10.1. The second-order valence-corrected chi connectivity index (χ2v) is 6.98. The van der Waals surface area contributed by atoms with Crippen molar-refractivity contribution in [2.45, 2.75) is 57.0 Å². The van der Waals surface area contributed by atoms with Crippen LogP contribution in [0.1, 0.15) is 57.3 Å². The summed E-state index contributed by atoms with van der Waals surface area (Å²) in [7, 11) is 0. The molecule has 21 heavy (non-hydrogen) atoms. The molecule has 2 N–H and O–H groups in total. The maximum Gasteiger partial charge on any atom is 0.151 e. The smallest absolute Gasteiger partial charge is 0.151 e. The Balaban J connectivity index is 1.88. The summed E-state index contributed by atoms with van der Waals surface area (Å²) in [5.41, 5.74) is 7.73. The summed E-state index contributed by atoms with van der Waals surface area (Å²) in [6.45, 7) is 2.28. The third-order valence-corrected chi connectivity index (χ3v) is 5.19. The fourth-order valence-electron chi connectivity index (χ4n) is 3.64. The van der Waals surface area contributed by atoms with Crippen LogP contribution in [0.3, 0.4) is 0 Å². The normalized spacial score (nSPS) is 30.0. The molecule has 0 atom stereocenters. The van der Waals surface area contributed by atoms with Crippen LogP contribution in [0.5, 0.6) is 0 Å². The van der Waals surface area contributed by atoms with Crippen molar-refractivity contribution in [2.75, 3.05) is 0 Å². The lowest BCUT2D eigenvalue weighted by molar-refractivity contribution is 0.231. The molecule has 2 saturated carbocycles. The van der Waals surface area contributed by atoms with E-state index in [2.05, 4.69) is 16.5 Å². The standard InChI is InChI=1S/C17H22FN3/c1-11-7-9-17(19,10-8-11)16-20-15-13(18)3-2-4-14(15)21(16)12-5-6-12/h2-4,11-12H,5-10,19H2,1H3. The van der Waals surface area contributed by atoms with Gasteiger partial charge in [-0.2, -0.15) is 0 Å². The number of benzene rings is 1. The Kier molecular flexibility index (Phi) is 2.86. The minimum Gasteiger partial charge on any atom is -0.323 e. The van der Waals surface area contributed by atoms with Crippen molar-refractivity contribution in [1.29, 1.82) is 0 Å². The summed E-state index contributed by atoms with van der Waals surface area (Å²) in [5, 5.41) is 0. The summed E-state index contributed by atoms with van der Waals surface area (Å²) < 4.78 is 16.3. The van der Waals surface area contributed by atoms with E-state index in [1.54, 1.807) is 6.07 Å². The van der Waals surface area contributed by atoms with Crippen LogP contribution in [0.15, 0.2) is 18.2 Å². The lowest BCUT2D eigenvalue weighted by Crippen LogP contribution is -2.42. The predicted octanol–water partition coefficient (Wildman–Crippen LogP) is 3.87. The molecule has 4 heteroatoms. The molecule has 0 radical (unpaired) electrons. The molecule has 2 aromatic rings. The monoisotopic (exact) mass is 287 g/mol. The maximum absolute atomic E-state index is 14.1. The molecule has 0 unspecified atom stereocenters. The van der Waals surface area contributed by atoms with E-state index in [1.165, 1.54) is 6.07 Å². The van der Waals surface area contributed by atoms with E-state index in [0.29, 0.717) is 11.6 Å². The van der Waals surface area contributed by atoms with E-state index in [4.69, 9.17) is 5.73 Å². The molecule has 1 heterocycles. The fraction of sp³-hybridized carbons (Fsp3) is 0.588. The van der Waals surface area contributed by atoms with E-state index in [-0.39, 0.29) is 11.4 Å². The minimum atomic E-state index is -0.388. The molecule has 0 aliphatic heterocycles. The number of rotatable bonds is 2. The summed E-state index contributed by atoms with van der Waals surface area (Å²) in [6, 6.07) is 5.70. The highest BCUT2D eigenvalue weighted by Gasteiger charge is 2.40. The van der Waals surface area contributed by atoms with Gasteiger partial charge in [-0.3, -0.25) is 0 Å². The molecule has 4 rings (SSSR count).